The highest BCUT2D eigenvalue weighted by Gasteiger charge is 2.26. The summed E-state index contributed by atoms with van der Waals surface area (Å²) in [6.07, 6.45) is 3.76. The number of aryl methyl sites for hydroxylation is 1. The number of piperidine rings is 1. The van der Waals surface area contributed by atoms with Crippen molar-refractivity contribution >= 4 is 11.7 Å². The van der Waals surface area contributed by atoms with Crippen molar-refractivity contribution in [3.63, 3.8) is 0 Å². The normalized spacial score (nSPS) is 17.6. The molecule has 0 saturated carbocycles. The Morgan fingerprint density at radius 3 is 2.84 bits per heavy atom. The van der Waals surface area contributed by atoms with Gasteiger partial charge in [-0.05, 0) is 51.3 Å². The van der Waals surface area contributed by atoms with Crippen LogP contribution in [0, 0.1) is 26.7 Å². The lowest BCUT2D eigenvalue weighted by Gasteiger charge is -2.32. The molecule has 6 heteroatoms. The van der Waals surface area contributed by atoms with Crippen LogP contribution in [0.25, 0.3) is 0 Å². The molecule has 3 rings (SSSR count). The number of anilines is 1. The Kier molecular flexibility index (Phi) is 5.36. The molecule has 1 aliphatic rings. The largest absolute Gasteiger partial charge is 0.356 e. The molecule has 1 N–H and O–H groups in total. The van der Waals surface area contributed by atoms with E-state index in [9.17, 15) is 4.79 Å². The van der Waals surface area contributed by atoms with Gasteiger partial charge in [-0.3, -0.25) is 9.48 Å². The smallest absolute Gasteiger partial charge is 0.224 e. The first-order valence-corrected chi connectivity index (χ1v) is 9.00. The Labute approximate surface area is 149 Å². The highest BCUT2D eigenvalue weighted by atomic mass is 16.1. The molecule has 0 aliphatic carbocycles. The van der Waals surface area contributed by atoms with E-state index < -0.39 is 0 Å². The van der Waals surface area contributed by atoms with Crippen molar-refractivity contribution in [3.8, 4) is 0 Å². The van der Waals surface area contributed by atoms with Gasteiger partial charge in [-0.25, -0.2) is 4.98 Å². The van der Waals surface area contributed by atoms with Crippen LogP contribution in [0.15, 0.2) is 24.4 Å². The van der Waals surface area contributed by atoms with Crippen LogP contribution in [0.2, 0.25) is 0 Å². The van der Waals surface area contributed by atoms with Gasteiger partial charge in [0.2, 0.25) is 5.91 Å². The highest BCUT2D eigenvalue weighted by Crippen LogP contribution is 2.21. The maximum Gasteiger partial charge on any atom is 0.224 e. The number of hydrogen-bond donors (Lipinski definition) is 1. The van der Waals surface area contributed by atoms with Gasteiger partial charge in [0.05, 0.1) is 18.2 Å². The average molecular weight is 341 g/mol. The van der Waals surface area contributed by atoms with E-state index in [1.54, 1.807) is 6.20 Å². The molecule has 1 atom stereocenters. The molecule has 0 radical (unpaired) electrons. The maximum absolute atomic E-state index is 12.5. The van der Waals surface area contributed by atoms with Gasteiger partial charge in [-0.15, -0.1) is 0 Å². The van der Waals surface area contributed by atoms with E-state index in [1.807, 2.05) is 29.8 Å². The number of rotatable bonds is 5. The van der Waals surface area contributed by atoms with E-state index in [4.69, 9.17) is 0 Å². The van der Waals surface area contributed by atoms with Crippen LogP contribution in [0.5, 0.6) is 0 Å². The summed E-state index contributed by atoms with van der Waals surface area (Å²) in [5, 5.41) is 7.60. The van der Waals surface area contributed by atoms with E-state index in [0.29, 0.717) is 13.1 Å². The number of hydrogen-bond acceptors (Lipinski definition) is 4. The average Bonchev–Trinajstić information content (AvgIpc) is 2.89. The molecule has 1 fully saturated rings. The summed E-state index contributed by atoms with van der Waals surface area (Å²) in [6, 6.07) is 5.91. The fraction of sp³-hybridized carbons (Fsp3) is 0.526. The van der Waals surface area contributed by atoms with Crippen molar-refractivity contribution in [2.75, 3.05) is 24.5 Å². The third kappa shape index (κ3) is 4.00. The van der Waals surface area contributed by atoms with Crippen LogP contribution in [0.1, 0.15) is 29.8 Å². The van der Waals surface area contributed by atoms with Gasteiger partial charge in [0.25, 0.3) is 0 Å². The lowest BCUT2D eigenvalue weighted by Crippen LogP contribution is -2.44. The minimum Gasteiger partial charge on any atom is -0.356 e. The summed E-state index contributed by atoms with van der Waals surface area (Å²) in [5.74, 6) is 1.12. The first-order chi connectivity index (χ1) is 12.1. The fourth-order valence-electron chi connectivity index (χ4n) is 3.37. The van der Waals surface area contributed by atoms with E-state index in [-0.39, 0.29) is 11.8 Å². The van der Waals surface area contributed by atoms with Gasteiger partial charge >= 0.3 is 0 Å². The molecule has 2 aromatic heterocycles. The first-order valence-electron chi connectivity index (χ1n) is 9.00. The minimum absolute atomic E-state index is 0.0259. The van der Waals surface area contributed by atoms with E-state index >= 15 is 0 Å². The Bertz CT molecular complexity index is 725. The van der Waals surface area contributed by atoms with Crippen molar-refractivity contribution in [1.82, 2.24) is 20.1 Å². The third-order valence-corrected chi connectivity index (χ3v) is 5.13. The summed E-state index contributed by atoms with van der Waals surface area (Å²) in [6.45, 7) is 9.20. The van der Waals surface area contributed by atoms with E-state index in [2.05, 4.69) is 34.1 Å². The number of amides is 1. The van der Waals surface area contributed by atoms with Gasteiger partial charge in [0.15, 0.2) is 0 Å². The summed E-state index contributed by atoms with van der Waals surface area (Å²) in [7, 11) is 0. The molecule has 0 bridgehead atoms. The number of nitrogens with one attached hydrogen (secondary N) is 1. The zero-order valence-electron chi connectivity index (χ0n) is 15.3. The van der Waals surface area contributed by atoms with Gasteiger partial charge in [-0.1, -0.05) is 6.07 Å². The molecular weight excluding hydrogens is 314 g/mol. The van der Waals surface area contributed by atoms with Gasteiger partial charge in [0.1, 0.15) is 5.82 Å². The molecule has 134 valence electrons. The van der Waals surface area contributed by atoms with Crippen LogP contribution in [0.4, 0.5) is 5.82 Å². The number of aromatic nitrogens is 3. The monoisotopic (exact) mass is 341 g/mol. The highest BCUT2D eigenvalue weighted by molar-refractivity contribution is 5.79. The molecular formula is C19H27N5O. The summed E-state index contributed by atoms with van der Waals surface area (Å²) >= 11 is 0. The topological polar surface area (TPSA) is 63.1 Å². The molecule has 1 saturated heterocycles. The molecule has 0 aromatic carbocycles. The summed E-state index contributed by atoms with van der Waals surface area (Å²) < 4.78 is 1.98. The van der Waals surface area contributed by atoms with Crippen LogP contribution in [0.3, 0.4) is 0 Å². The molecule has 2 aromatic rings. The van der Waals surface area contributed by atoms with Crippen molar-refractivity contribution in [3.05, 3.63) is 41.3 Å². The second-order valence-corrected chi connectivity index (χ2v) is 6.78. The summed E-state index contributed by atoms with van der Waals surface area (Å²) in [5.41, 5.74) is 3.46. The Morgan fingerprint density at radius 1 is 1.32 bits per heavy atom. The number of pyridine rings is 1. The SMILES string of the molecule is Cc1nn(CCNC(=O)[C@@H]2CCCN(c3ccccn3)C2)c(C)c1C. The van der Waals surface area contributed by atoms with Crippen LogP contribution >= 0.6 is 0 Å². The van der Waals surface area contributed by atoms with Crippen LogP contribution in [-0.4, -0.2) is 40.3 Å². The molecule has 6 nitrogen and oxygen atoms in total. The predicted octanol–water partition coefficient (Wildman–Crippen LogP) is 2.24. The lowest BCUT2D eigenvalue weighted by molar-refractivity contribution is -0.125. The van der Waals surface area contributed by atoms with Crippen molar-refractivity contribution in [2.45, 2.75) is 40.2 Å². The molecule has 0 spiro atoms. The zero-order valence-corrected chi connectivity index (χ0v) is 15.3. The van der Waals surface area contributed by atoms with Crippen LogP contribution < -0.4 is 10.2 Å². The number of carbonyl (C=O) groups excluding carboxylic acids is 1. The van der Waals surface area contributed by atoms with Gasteiger partial charge in [0, 0.05) is 31.5 Å². The third-order valence-electron chi connectivity index (χ3n) is 5.13. The summed E-state index contributed by atoms with van der Waals surface area (Å²) in [4.78, 5) is 19.1. The van der Waals surface area contributed by atoms with Crippen LogP contribution in [-0.2, 0) is 11.3 Å². The second-order valence-electron chi connectivity index (χ2n) is 6.78. The minimum atomic E-state index is 0.0259. The van der Waals surface area contributed by atoms with E-state index in [1.165, 1.54) is 11.3 Å². The van der Waals surface area contributed by atoms with Gasteiger partial charge in [-0.2, -0.15) is 5.10 Å². The molecule has 1 aliphatic heterocycles. The number of carbonyl (C=O) groups is 1. The van der Waals surface area contributed by atoms with Crippen molar-refractivity contribution in [2.24, 2.45) is 5.92 Å². The number of nitrogens with zero attached hydrogens (tertiary/aromatic N) is 4. The predicted molar refractivity (Wildman–Crippen MR) is 98.6 cm³/mol. The Morgan fingerprint density at radius 2 is 2.16 bits per heavy atom. The van der Waals surface area contributed by atoms with E-state index in [0.717, 1.165) is 37.4 Å². The molecule has 3 heterocycles. The molecule has 0 unspecified atom stereocenters. The van der Waals surface area contributed by atoms with Crippen molar-refractivity contribution < 1.29 is 4.79 Å². The fourth-order valence-corrected chi connectivity index (χ4v) is 3.37. The maximum atomic E-state index is 12.5. The second kappa shape index (κ2) is 7.68. The first kappa shape index (κ1) is 17.5. The Balaban J connectivity index is 1.51. The zero-order chi connectivity index (χ0) is 17.8. The lowest BCUT2D eigenvalue weighted by atomic mass is 9.97. The Hall–Kier alpha value is -2.37. The van der Waals surface area contributed by atoms with Gasteiger partial charge < -0.3 is 10.2 Å². The molecule has 25 heavy (non-hydrogen) atoms. The standard InChI is InChI=1S/C19H27N5O/c1-14-15(2)22-24(16(14)3)12-10-21-19(25)17-7-6-11-23(13-17)18-8-4-5-9-20-18/h4-5,8-9,17H,6-7,10-13H2,1-3H3,(H,21,25)/t17-/m1/s1. The quantitative estimate of drug-likeness (QED) is 0.906. The van der Waals surface area contributed by atoms with Crippen molar-refractivity contribution in [1.29, 1.82) is 0 Å². The molecule has 1 amide bonds.